The smallest absolute Gasteiger partial charge is 0.245 e. The molecular weight excluding hydrogens is 282 g/mol. The number of sulfonamides is 1. The van der Waals surface area contributed by atoms with E-state index in [4.69, 9.17) is 18.0 Å². The van der Waals surface area contributed by atoms with E-state index in [1.54, 1.807) is 13.1 Å². The molecule has 0 atom stereocenters. The molecule has 0 radical (unpaired) electrons. The summed E-state index contributed by atoms with van der Waals surface area (Å²) in [6.45, 7) is 0.536. The number of nitrogens with zero attached hydrogens (tertiary/aromatic N) is 2. The van der Waals surface area contributed by atoms with Crippen molar-refractivity contribution in [3.8, 4) is 0 Å². The summed E-state index contributed by atoms with van der Waals surface area (Å²) in [7, 11) is -2.00. The Hall–Kier alpha value is -1.05. The Bertz CT molecular complexity index is 582. The number of hydrogen-bond acceptors (Lipinski definition) is 4. The van der Waals surface area contributed by atoms with Crippen LogP contribution in [0.1, 0.15) is 25.0 Å². The number of nitrogens with two attached hydrogens (primary N) is 1. The van der Waals surface area contributed by atoms with Crippen molar-refractivity contribution in [3.05, 3.63) is 24.0 Å². The molecule has 1 aromatic heterocycles. The van der Waals surface area contributed by atoms with Gasteiger partial charge in [-0.2, -0.15) is 0 Å². The molecular formula is C12H17N3O2S2. The van der Waals surface area contributed by atoms with E-state index in [9.17, 15) is 8.42 Å². The second-order valence-electron chi connectivity index (χ2n) is 4.80. The van der Waals surface area contributed by atoms with Crippen LogP contribution < -0.4 is 5.73 Å². The van der Waals surface area contributed by atoms with Gasteiger partial charge in [-0.15, -0.1) is 0 Å². The zero-order valence-corrected chi connectivity index (χ0v) is 12.4. The van der Waals surface area contributed by atoms with Crippen LogP contribution in [0, 0.1) is 5.92 Å². The maximum absolute atomic E-state index is 12.5. The maximum atomic E-state index is 12.5. The fourth-order valence-corrected chi connectivity index (χ4v) is 3.72. The van der Waals surface area contributed by atoms with Crippen LogP contribution in [0.3, 0.4) is 0 Å². The predicted octanol–water partition coefficient (Wildman–Crippen LogP) is 1.14. The summed E-state index contributed by atoms with van der Waals surface area (Å²) in [5.74, 6) is 0.463. The molecule has 19 heavy (non-hydrogen) atoms. The number of hydrogen-bond donors (Lipinski definition) is 1. The molecule has 104 valence electrons. The van der Waals surface area contributed by atoms with Crippen molar-refractivity contribution in [2.24, 2.45) is 11.7 Å². The van der Waals surface area contributed by atoms with E-state index >= 15 is 0 Å². The van der Waals surface area contributed by atoms with Gasteiger partial charge in [-0.3, -0.25) is 4.98 Å². The van der Waals surface area contributed by atoms with E-state index in [2.05, 4.69) is 4.98 Å². The molecule has 0 amide bonds. The molecule has 0 aliphatic heterocycles. The van der Waals surface area contributed by atoms with Crippen LogP contribution in [0.4, 0.5) is 0 Å². The Morgan fingerprint density at radius 1 is 1.58 bits per heavy atom. The number of aromatic nitrogens is 1. The van der Waals surface area contributed by atoms with Gasteiger partial charge < -0.3 is 5.73 Å². The van der Waals surface area contributed by atoms with Gasteiger partial charge in [0, 0.05) is 19.8 Å². The highest BCUT2D eigenvalue weighted by atomic mass is 32.2. The zero-order valence-electron chi connectivity index (χ0n) is 10.7. The number of rotatable bonds is 5. The fourth-order valence-electron chi connectivity index (χ4n) is 2.09. The van der Waals surface area contributed by atoms with Gasteiger partial charge in [-0.05, 0) is 30.9 Å². The van der Waals surface area contributed by atoms with Crippen molar-refractivity contribution in [2.75, 3.05) is 13.6 Å². The first-order chi connectivity index (χ1) is 8.93. The summed E-state index contributed by atoms with van der Waals surface area (Å²) < 4.78 is 26.4. The summed E-state index contributed by atoms with van der Waals surface area (Å²) in [5, 5.41) is 0. The topological polar surface area (TPSA) is 76.3 Å². The fraction of sp³-hybridized carbons (Fsp3) is 0.500. The Labute approximate surface area is 118 Å². The lowest BCUT2D eigenvalue weighted by atomic mass is 9.86. The molecule has 0 bridgehead atoms. The summed E-state index contributed by atoms with van der Waals surface area (Å²) in [5.41, 5.74) is 5.70. The minimum atomic E-state index is -3.58. The predicted molar refractivity (Wildman–Crippen MR) is 77.3 cm³/mol. The highest BCUT2D eigenvalue weighted by Gasteiger charge is 2.29. The minimum Gasteiger partial charge on any atom is -0.388 e. The van der Waals surface area contributed by atoms with Crippen molar-refractivity contribution in [3.63, 3.8) is 0 Å². The lowest BCUT2D eigenvalue weighted by Gasteiger charge is -2.29. The van der Waals surface area contributed by atoms with E-state index in [-0.39, 0.29) is 15.6 Å². The van der Waals surface area contributed by atoms with Gasteiger partial charge >= 0.3 is 0 Å². The summed E-state index contributed by atoms with van der Waals surface area (Å²) in [6, 6.07) is 3.07. The maximum Gasteiger partial charge on any atom is 0.245 e. The minimum absolute atomic E-state index is 0.00350. The van der Waals surface area contributed by atoms with Gasteiger partial charge in [0.2, 0.25) is 10.0 Å². The molecule has 0 unspecified atom stereocenters. The molecule has 2 rings (SSSR count). The average Bonchev–Trinajstić information content (AvgIpc) is 2.33. The largest absolute Gasteiger partial charge is 0.388 e. The molecule has 1 aliphatic rings. The van der Waals surface area contributed by atoms with Crippen molar-refractivity contribution >= 4 is 27.2 Å². The summed E-state index contributed by atoms with van der Waals surface area (Å²) in [6.07, 6.45) is 4.85. The molecule has 0 spiro atoms. The first-order valence-corrected chi connectivity index (χ1v) is 7.99. The van der Waals surface area contributed by atoms with E-state index in [1.807, 2.05) is 0 Å². The Balaban J connectivity index is 2.30. The van der Waals surface area contributed by atoms with E-state index in [1.165, 1.54) is 23.0 Å². The van der Waals surface area contributed by atoms with Crippen LogP contribution in [-0.4, -0.2) is 36.3 Å². The SMILES string of the molecule is CN(CC1CCC1)S(=O)(=O)c1cccnc1C(N)=S. The Kier molecular flexibility index (Phi) is 4.17. The highest BCUT2D eigenvalue weighted by Crippen LogP contribution is 2.28. The standard InChI is InChI=1S/C12H17N3O2S2/c1-15(8-9-4-2-5-9)19(16,17)10-6-3-7-14-11(10)12(13)18/h3,6-7,9H,2,4-5,8H2,1H3,(H2,13,18). The number of thiocarbonyl (C=S) groups is 1. The zero-order chi connectivity index (χ0) is 14.0. The van der Waals surface area contributed by atoms with Crippen LogP contribution in [-0.2, 0) is 10.0 Å². The van der Waals surface area contributed by atoms with E-state index in [0.29, 0.717) is 12.5 Å². The second kappa shape index (κ2) is 5.52. The Morgan fingerprint density at radius 3 is 2.79 bits per heavy atom. The third-order valence-corrected chi connectivity index (χ3v) is 5.48. The third-order valence-electron chi connectivity index (χ3n) is 3.43. The molecule has 0 saturated heterocycles. The normalized spacial score (nSPS) is 16.3. The van der Waals surface area contributed by atoms with Crippen molar-refractivity contribution in [1.29, 1.82) is 0 Å². The lowest BCUT2D eigenvalue weighted by molar-refractivity contribution is 0.263. The summed E-state index contributed by atoms with van der Waals surface area (Å²) >= 11 is 4.86. The average molecular weight is 299 g/mol. The monoisotopic (exact) mass is 299 g/mol. The van der Waals surface area contributed by atoms with Crippen LogP contribution in [0.5, 0.6) is 0 Å². The van der Waals surface area contributed by atoms with Crippen molar-refractivity contribution in [2.45, 2.75) is 24.2 Å². The van der Waals surface area contributed by atoms with E-state index < -0.39 is 10.0 Å². The summed E-state index contributed by atoms with van der Waals surface area (Å²) in [4.78, 5) is 4.05. The van der Waals surface area contributed by atoms with Gasteiger partial charge in [0.15, 0.2) is 0 Å². The van der Waals surface area contributed by atoms with Gasteiger partial charge in [0.25, 0.3) is 0 Å². The molecule has 7 heteroatoms. The van der Waals surface area contributed by atoms with Gasteiger partial charge in [-0.25, -0.2) is 12.7 Å². The first-order valence-electron chi connectivity index (χ1n) is 6.14. The molecule has 2 N–H and O–H groups in total. The van der Waals surface area contributed by atoms with Crippen LogP contribution in [0.15, 0.2) is 23.2 Å². The molecule has 1 heterocycles. The number of pyridine rings is 1. The van der Waals surface area contributed by atoms with Crippen molar-refractivity contribution in [1.82, 2.24) is 9.29 Å². The quantitative estimate of drug-likeness (QED) is 0.825. The molecule has 1 aliphatic carbocycles. The third kappa shape index (κ3) is 2.93. The van der Waals surface area contributed by atoms with Gasteiger partial charge in [0.05, 0.1) is 0 Å². The van der Waals surface area contributed by atoms with Crippen LogP contribution in [0.25, 0.3) is 0 Å². The van der Waals surface area contributed by atoms with Gasteiger partial charge in [0.1, 0.15) is 15.6 Å². The van der Waals surface area contributed by atoms with E-state index in [0.717, 1.165) is 12.8 Å². The molecule has 1 aromatic rings. The molecule has 0 aromatic carbocycles. The lowest BCUT2D eigenvalue weighted by Crippen LogP contribution is -2.35. The van der Waals surface area contributed by atoms with Crippen molar-refractivity contribution < 1.29 is 8.42 Å². The Morgan fingerprint density at radius 2 is 2.26 bits per heavy atom. The van der Waals surface area contributed by atoms with Gasteiger partial charge in [-0.1, -0.05) is 18.6 Å². The molecule has 5 nitrogen and oxygen atoms in total. The second-order valence-corrected chi connectivity index (χ2v) is 7.25. The molecule has 1 fully saturated rings. The first kappa shape index (κ1) is 14.4. The van der Waals surface area contributed by atoms with Crippen LogP contribution >= 0.6 is 12.2 Å². The van der Waals surface area contributed by atoms with Crippen LogP contribution in [0.2, 0.25) is 0 Å². The molecule has 1 saturated carbocycles. The highest BCUT2D eigenvalue weighted by molar-refractivity contribution is 7.89.